The normalized spacial score (nSPS) is 25.7. The number of rotatable bonds is 2. The first-order chi connectivity index (χ1) is 9.78. The van der Waals surface area contributed by atoms with Crippen LogP contribution in [-0.2, 0) is 6.42 Å². The SMILES string of the molecule is CCC1(N=C2CCc3c(C#N)cccc32)C=CC=CC1. The van der Waals surface area contributed by atoms with E-state index in [1.54, 1.807) is 0 Å². The first-order valence-electron chi connectivity index (χ1n) is 7.23. The van der Waals surface area contributed by atoms with Crippen molar-refractivity contribution in [1.29, 1.82) is 5.26 Å². The lowest BCUT2D eigenvalue weighted by Crippen LogP contribution is -2.25. The van der Waals surface area contributed by atoms with Gasteiger partial charge < -0.3 is 0 Å². The van der Waals surface area contributed by atoms with Gasteiger partial charge in [-0.3, -0.25) is 4.99 Å². The van der Waals surface area contributed by atoms with Gasteiger partial charge in [-0.25, -0.2) is 0 Å². The van der Waals surface area contributed by atoms with Gasteiger partial charge in [-0.05, 0) is 37.3 Å². The highest BCUT2D eigenvalue weighted by Gasteiger charge is 2.28. The summed E-state index contributed by atoms with van der Waals surface area (Å²) in [4.78, 5) is 5.07. The van der Waals surface area contributed by atoms with E-state index >= 15 is 0 Å². The summed E-state index contributed by atoms with van der Waals surface area (Å²) in [6.45, 7) is 2.19. The number of hydrogen-bond acceptors (Lipinski definition) is 2. The molecule has 0 spiro atoms. The topological polar surface area (TPSA) is 36.1 Å². The number of nitrogens with zero attached hydrogens (tertiary/aromatic N) is 2. The van der Waals surface area contributed by atoms with Crippen LogP contribution in [0, 0.1) is 11.3 Å². The summed E-state index contributed by atoms with van der Waals surface area (Å²) in [5, 5.41) is 9.20. The van der Waals surface area contributed by atoms with E-state index in [0.29, 0.717) is 0 Å². The number of hydrogen-bond donors (Lipinski definition) is 0. The van der Waals surface area contributed by atoms with Crippen LogP contribution in [0.25, 0.3) is 0 Å². The highest BCUT2D eigenvalue weighted by atomic mass is 14.9. The van der Waals surface area contributed by atoms with Crippen molar-refractivity contribution in [3.8, 4) is 6.07 Å². The van der Waals surface area contributed by atoms with Gasteiger partial charge in [0.25, 0.3) is 0 Å². The van der Waals surface area contributed by atoms with Crippen LogP contribution in [0.5, 0.6) is 0 Å². The van der Waals surface area contributed by atoms with Gasteiger partial charge in [-0.15, -0.1) is 0 Å². The number of fused-ring (bicyclic) bond motifs is 1. The molecular formula is C18H18N2. The van der Waals surface area contributed by atoms with Crippen LogP contribution in [0.15, 0.2) is 47.5 Å². The highest BCUT2D eigenvalue weighted by Crippen LogP contribution is 2.31. The Balaban J connectivity index is 2.03. The molecule has 2 heteroatoms. The Morgan fingerprint density at radius 2 is 2.20 bits per heavy atom. The predicted molar refractivity (Wildman–Crippen MR) is 81.9 cm³/mol. The minimum atomic E-state index is -0.0889. The molecule has 0 N–H and O–H groups in total. The van der Waals surface area contributed by atoms with Crippen LogP contribution in [0.4, 0.5) is 0 Å². The molecule has 0 bridgehead atoms. The predicted octanol–water partition coefficient (Wildman–Crippen LogP) is 3.96. The van der Waals surface area contributed by atoms with E-state index in [0.717, 1.165) is 31.2 Å². The van der Waals surface area contributed by atoms with Gasteiger partial charge in [0.2, 0.25) is 0 Å². The molecule has 1 aromatic carbocycles. The van der Waals surface area contributed by atoms with E-state index in [1.807, 2.05) is 12.1 Å². The number of allylic oxidation sites excluding steroid dienone is 2. The van der Waals surface area contributed by atoms with Crippen molar-refractivity contribution < 1.29 is 0 Å². The van der Waals surface area contributed by atoms with Gasteiger partial charge in [0.1, 0.15) is 0 Å². The fraction of sp³-hybridized carbons (Fsp3) is 0.333. The van der Waals surface area contributed by atoms with Crippen molar-refractivity contribution in [2.75, 3.05) is 0 Å². The summed E-state index contributed by atoms with van der Waals surface area (Å²) in [5.41, 5.74) is 4.24. The van der Waals surface area contributed by atoms with Crippen LogP contribution in [0.2, 0.25) is 0 Å². The largest absolute Gasteiger partial charge is 0.278 e. The average Bonchev–Trinajstić information content (AvgIpc) is 2.91. The van der Waals surface area contributed by atoms with Crippen LogP contribution in [0.1, 0.15) is 42.9 Å². The molecule has 2 aliphatic rings. The molecule has 0 radical (unpaired) electrons. The van der Waals surface area contributed by atoms with E-state index in [2.05, 4.69) is 43.4 Å². The summed E-state index contributed by atoms with van der Waals surface area (Å²) in [6, 6.07) is 8.27. The van der Waals surface area contributed by atoms with Crippen molar-refractivity contribution in [3.63, 3.8) is 0 Å². The van der Waals surface area contributed by atoms with Gasteiger partial charge in [0.15, 0.2) is 0 Å². The monoisotopic (exact) mass is 262 g/mol. The maximum Gasteiger partial charge on any atom is 0.0994 e. The van der Waals surface area contributed by atoms with Crippen LogP contribution >= 0.6 is 0 Å². The Labute approximate surface area is 120 Å². The van der Waals surface area contributed by atoms with Gasteiger partial charge in [0.05, 0.1) is 17.2 Å². The second kappa shape index (κ2) is 5.09. The zero-order valence-corrected chi connectivity index (χ0v) is 11.8. The minimum absolute atomic E-state index is 0.0889. The third kappa shape index (κ3) is 2.10. The molecule has 20 heavy (non-hydrogen) atoms. The molecular weight excluding hydrogens is 244 g/mol. The van der Waals surface area contributed by atoms with Crippen molar-refractivity contribution >= 4 is 5.71 Å². The van der Waals surface area contributed by atoms with E-state index in [4.69, 9.17) is 4.99 Å². The smallest absolute Gasteiger partial charge is 0.0994 e. The van der Waals surface area contributed by atoms with Gasteiger partial charge in [0, 0.05) is 11.3 Å². The fourth-order valence-corrected chi connectivity index (χ4v) is 3.07. The maximum atomic E-state index is 9.20. The lowest BCUT2D eigenvalue weighted by Gasteiger charge is -2.26. The van der Waals surface area contributed by atoms with Crippen LogP contribution in [0.3, 0.4) is 0 Å². The molecule has 2 aliphatic carbocycles. The molecule has 1 atom stereocenters. The third-order valence-corrected chi connectivity index (χ3v) is 4.31. The summed E-state index contributed by atoms with van der Waals surface area (Å²) < 4.78 is 0. The van der Waals surface area contributed by atoms with E-state index in [-0.39, 0.29) is 5.54 Å². The van der Waals surface area contributed by atoms with Gasteiger partial charge >= 0.3 is 0 Å². The Kier molecular flexibility index (Phi) is 3.28. The molecule has 3 rings (SSSR count). The summed E-state index contributed by atoms with van der Waals surface area (Å²) in [7, 11) is 0. The highest BCUT2D eigenvalue weighted by molar-refractivity contribution is 6.05. The lowest BCUT2D eigenvalue weighted by molar-refractivity contribution is 0.516. The van der Waals surface area contributed by atoms with Crippen LogP contribution < -0.4 is 0 Å². The average molecular weight is 262 g/mol. The molecule has 2 nitrogen and oxygen atoms in total. The molecule has 1 unspecified atom stereocenters. The summed E-state index contributed by atoms with van der Waals surface area (Å²) in [5.74, 6) is 0. The quantitative estimate of drug-likeness (QED) is 0.794. The first-order valence-corrected chi connectivity index (χ1v) is 7.23. The molecule has 0 fully saturated rings. The molecule has 100 valence electrons. The number of benzene rings is 1. The minimum Gasteiger partial charge on any atom is -0.278 e. The summed E-state index contributed by atoms with van der Waals surface area (Å²) in [6.07, 6.45) is 12.5. The lowest BCUT2D eigenvalue weighted by atomic mass is 9.89. The van der Waals surface area contributed by atoms with Crippen LogP contribution in [-0.4, -0.2) is 11.3 Å². The second-order valence-corrected chi connectivity index (χ2v) is 5.45. The van der Waals surface area contributed by atoms with E-state index < -0.39 is 0 Å². The first kappa shape index (κ1) is 12.9. The Morgan fingerprint density at radius 1 is 1.30 bits per heavy atom. The zero-order chi connectivity index (χ0) is 14.0. The van der Waals surface area contributed by atoms with Gasteiger partial charge in [-0.1, -0.05) is 43.4 Å². The summed E-state index contributed by atoms with van der Waals surface area (Å²) >= 11 is 0. The fourth-order valence-electron chi connectivity index (χ4n) is 3.07. The van der Waals surface area contributed by atoms with Crippen molar-refractivity contribution in [2.45, 2.75) is 38.1 Å². The Morgan fingerprint density at radius 3 is 2.90 bits per heavy atom. The maximum absolute atomic E-state index is 9.20. The molecule has 0 aliphatic heterocycles. The van der Waals surface area contributed by atoms with E-state index in [9.17, 15) is 5.26 Å². The van der Waals surface area contributed by atoms with Gasteiger partial charge in [-0.2, -0.15) is 5.26 Å². The number of nitriles is 1. The standard InChI is InChI=1S/C18H18N2/c1-2-18(11-4-3-5-12-18)20-17-10-9-15-14(13-19)7-6-8-16(15)17/h3-8,11H,2,9-10,12H2,1H3. The van der Waals surface area contributed by atoms with Crippen molar-refractivity contribution in [1.82, 2.24) is 0 Å². The molecule has 0 saturated carbocycles. The van der Waals surface area contributed by atoms with Crippen molar-refractivity contribution in [2.24, 2.45) is 4.99 Å². The zero-order valence-electron chi connectivity index (χ0n) is 11.8. The number of aliphatic imine (C=N–C) groups is 1. The molecule has 0 amide bonds. The van der Waals surface area contributed by atoms with E-state index in [1.165, 1.54) is 16.8 Å². The Hall–Kier alpha value is -2.14. The van der Waals surface area contributed by atoms with Crippen molar-refractivity contribution in [3.05, 3.63) is 59.2 Å². The molecule has 0 heterocycles. The Bertz CT molecular complexity index is 658. The molecule has 0 aromatic heterocycles. The second-order valence-electron chi connectivity index (χ2n) is 5.45. The molecule has 1 aromatic rings. The third-order valence-electron chi connectivity index (χ3n) is 4.31. The molecule has 0 saturated heterocycles.